The minimum atomic E-state index is -1.19. The van der Waals surface area contributed by atoms with Crippen LogP contribution in [0.2, 0.25) is 0 Å². The van der Waals surface area contributed by atoms with E-state index in [4.69, 9.17) is 0 Å². The number of carbonyl (C=O) groups is 2. The predicted octanol–water partition coefficient (Wildman–Crippen LogP) is 5.24. The fourth-order valence-corrected chi connectivity index (χ4v) is 3.47. The first-order valence-corrected chi connectivity index (χ1v) is 9.38. The average Bonchev–Trinajstić information content (AvgIpc) is 2.77. The minimum absolute atomic E-state index is 0.0423. The van der Waals surface area contributed by atoms with E-state index in [1.165, 1.54) is 18.2 Å². The Labute approximate surface area is 173 Å². The highest BCUT2D eigenvalue weighted by atomic mass is 16.4. The van der Waals surface area contributed by atoms with Crippen molar-refractivity contribution in [1.82, 2.24) is 0 Å². The van der Waals surface area contributed by atoms with Crippen molar-refractivity contribution >= 4 is 33.9 Å². The molecule has 5 nitrogen and oxygen atoms in total. The topological polar surface area (TPSA) is 77.8 Å². The minimum Gasteiger partial charge on any atom is -0.507 e. The number of anilines is 2. The first-order valence-electron chi connectivity index (χ1n) is 9.38. The van der Waals surface area contributed by atoms with Crippen LogP contribution in [0.1, 0.15) is 26.3 Å². The van der Waals surface area contributed by atoms with Gasteiger partial charge >= 0.3 is 5.97 Å². The molecule has 0 unspecified atom stereocenters. The van der Waals surface area contributed by atoms with Crippen LogP contribution in [0.4, 0.5) is 11.4 Å². The molecule has 0 aliphatic rings. The molecular weight excluding hydrogens is 378 g/mol. The molecule has 5 heteroatoms. The third-order valence-electron chi connectivity index (χ3n) is 5.12. The summed E-state index contributed by atoms with van der Waals surface area (Å²) in [6, 6.07) is 24.6. The summed E-state index contributed by atoms with van der Waals surface area (Å²) in [7, 11) is 1.86. The fourth-order valence-electron chi connectivity index (χ4n) is 3.47. The van der Waals surface area contributed by atoms with Gasteiger partial charge in [0.1, 0.15) is 5.75 Å². The summed E-state index contributed by atoms with van der Waals surface area (Å²) in [6.45, 7) is 0. The van der Waals surface area contributed by atoms with Gasteiger partial charge in [0.15, 0.2) is 5.78 Å². The Morgan fingerprint density at radius 3 is 1.90 bits per heavy atom. The van der Waals surface area contributed by atoms with Crippen LogP contribution in [0.3, 0.4) is 0 Å². The maximum atomic E-state index is 13.2. The number of aromatic carboxylic acids is 1. The lowest BCUT2D eigenvalue weighted by molar-refractivity contribution is 0.0693. The first kappa shape index (κ1) is 19.2. The zero-order valence-corrected chi connectivity index (χ0v) is 16.2. The molecule has 4 aromatic carbocycles. The Kier molecular flexibility index (Phi) is 4.94. The van der Waals surface area contributed by atoms with Crippen molar-refractivity contribution in [1.29, 1.82) is 0 Å². The number of para-hydroxylation sites is 1. The normalized spacial score (nSPS) is 10.7. The van der Waals surface area contributed by atoms with Gasteiger partial charge in [-0.2, -0.15) is 0 Å². The lowest BCUT2D eigenvalue weighted by Crippen LogP contribution is -2.12. The monoisotopic (exact) mass is 397 g/mol. The molecule has 2 N–H and O–H groups in total. The van der Waals surface area contributed by atoms with Gasteiger partial charge in [-0.1, -0.05) is 42.5 Å². The van der Waals surface area contributed by atoms with E-state index in [2.05, 4.69) is 0 Å². The number of aromatic hydroxyl groups is 1. The summed E-state index contributed by atoms with van der Waals surface area (Å²) in [5, 5.41) is 21.7. The maximum absolute atomic E-state index is 13.2. The molecule has 4 rings (SSSR count). The van der Waals surface area contributed by atoms with Crippen LogP contribution >= 0.6 is 0 Å². The molecule has 0 fully saturated rings. The van der Waals surface area contributed by atoms with Crippen LogP contribution in [0.15, 0.2) is 84.9 Å². The van der Waals surface area contributed by atoms with Gasteiger partial charge in [-0.15, -0.1) is 0 Å². The molecule has 0 heterocycles. The van der Waals surface area contributed by atoms with E-state index in [0.717, 1.165) is 16.5 Å². The van der Waals surface area contributed by atoms with Gasteiger partial charge in [0, 0.05) is 30.1 Å². The summed E-state index contributed by atoms with van der Waals surface area (Å²) < 4.78 is 0. The number of carboxylic acid groups (broad SMARTS) is 1. The smallest absolute Gasteiger partial charge is 0.336 e. The summed E-state index contributed by atoms with van der Waals surface area (Å²) >= 11 is 0. The summed E-state index contributed by atoms with van der Waals surface area (Å²) in [5.41, 5.74) is 1.63. The van der Waals surface area contributed by atoms with Crippen LogP contribution in [-0.4, -0.2) is 29.0 Å². The van der Waals surface area contributed by atoms with E-state index >= 15 is 0 Å². The largest absolute Gasteiger partial charge is 0.507 e. The number of phenols is 1. The number of fused-ring (bicyclic) bond motifs is 1. The third kappa shape index (κ3) is 3.49. The molecule has 0 aliphatic heterocycles. The number of rotatable bonds is 5. The van der Waals surface area contributed by atoms with E-state index in [9.17, 15) is 19.8 Å². The Morgan fingerprint density at radius 1 is 0.700 bits per heavy atom. The third-order valence-corrected chi connectivity index (χ3v) is 5.12. The summed E-state index contributed by atoms with van der Waals surface area (Å²) in [6.07, 6.45) is 0. The SMILES string of the molecule is CN(c1ccccc1)c1ccc(C(=O)c2cc3ccccc3cc2C(=O)O)c(O)c1. The molecule has 0 saturated heterocycles. The van der Waals surface area contributed by atoms with Gasteiger partial charge in [0.2, 0.25) is 0 Å². The molecule has 0 atom stereocenters. The zero-order valence-electron chi connectivity index (χ0n) is 16.2. The Hall–Kier alpha value is -4.12. The van der Waals surface area contributed by atoms with Crippen molar-refractivity contribution in [3.8, 4) is 5.75 Å². The Balaban J connectivity index is 1.75. The number of hydrogen-bond donors (Lipinski definition) is 2. The van der Waals surface area contributed by atoms with E-state index in [1.807, 2.05) is 60.5 Å². The highest BCUT2D eigenvalue weighted by Crippen LogP contribution is 2.31. The Bertz CT molecular complexity index is 1260. The van der Waals surface area contributed by atoms with Gasteiger partial charge < -0.3 is 15.1 Å². The van der Waals surface area contributed by atoms with Gasteiger partial charge in [0.05, 0.1) is 11.1 Å². The molecule has 0 aliphatic carbocycles. The van der Waals surface area contributed by atoms with Gasteiger partial charge in [-0.05, 0) is 47.2 Å². The highest BCUT2D eigenvalue weighted by molar-refractivity contribution is 6.17. The van der Waals surface area contributed by atoms with Gasteiger partial charge in [0.25, 0.3) is 0 Å². The summed E-state index contributed by atoms with van der Waals surface area (Å²) in [4.78, 5) is 26.8. The number of carboxylic acids is 1. The zero-order chi connectivity index (χ0) is 21.3. The molecule has 4 aromatic rings. The van der Waals surface area contributed by atoms with Crippen LogP contribution in [-0.2, 0) is 0 Å². The Morgan fingerprint density at radius 2 is 1.30 bits per heavy atom. The quantitative estimate of drug-likeness (QED) is 0.450. The second-order valence-electron chi connectivity index (χ2n) is 6.98. The van der Waals surface area contributed by atoms with E-state index in [1.54, 1.807) is 18.2 Å². The van der Waals surface area contributed by atoms with Crippen molar-refractivity contribution in [2.45, 2.75) is 0 Å². The van der Waals surface area contributed by atoms with E-state index < -0.39 is 11.8 Å². The second kappa shape index (κ2) is 7.72. The second-order valence-corrected chi connectivity index (χ2v) is 6.98. The molecule has 0 spiro atoms. The van der Waals surface area contributed by atoms with E-state index in [-0.39, 0.29) is 22.4 Å². The molecule has 0 amide bonds. The lowest BCUT2D eigenvalue weighted by atomic mass is 9.94. The van der Waals surface area contributed by atoms with Crippen molar-refractivity contribution < 1.29 is 19.8 Å². The number of nitrogens with zero attached hydrogens (tertiary/aromatic N) is 1. The number of phenolic OH excluding ortho intramolecular Hbond substituents is 1. The first-order chi connectivity index (χ1) is 14.5. The molecule has 0 aromatic heterocycles. The maximum Gasteiger partial charge on any atom is 0.336 e. The number of benzene rings is 4. The van der Waals surface area contributed by atoms with Crippen LogP contribution in [0, 0.1) is 0 Å². The van der Waals surface area contributed by atoms with Crippen LogP contribution in [0.25, 0.3) is 10.8 Å². The van der Waals surface area contributed by atoms with E-state index in [0.29, 0.717) is 5.69 Å². The molecule has 30 heavy (non-hydrogen) atoms. The predicted molar refractivity (Wildman–Crippen MR) is 117 cm³/mol. The molecule has 148 valence electrons. The van der Waals surface area contributed by atoms with Crippen molar-refractivity contribution in [2.24, 2.45) is 0 Å². The number of carbonyl (C=O) groups excluding carboxylic acids is 1. The fraction of sp³-hybridized carbons (Fsp3) is 0.0400. The molecule has 0 saturated carbocycles. The van der Waals surface area contributed by atoms with Gasteiger partial charge in [-0.3, -0.25) is 4.79 Å². The van der Waals surface area contributed by atoms with Gasteiger partial charge in [-0.25, -0.2) is 4.79 Å². The average molecular weight is 397 g/mol. The van der Waals surface area contributed by atoms with Crippen LogP contribution in [0.5, 0.6) is 5.75 Å². The molecular formula is C25H19NO4. The molecule has 0 radical (unpaired) electrons. The molecule has 0 bridgehead atoms. The number of hydrogen-bond acceptors (Lipinski definition) is 4. The van der Waals surface area contributed by atoms with Crippen molar-refractivity contribution in [2.75, 3.05) is 11.9 Å². The van der Waals surface area contributed by atoms with Crippen molar-refractivity contribution in [3.05, 3.63) is 102 Å². The standard InChI is InChI=1S/C25H19NO4/c1-26(18-9-3-2-4-10-18)19-11-12-20(23(27)15-19)24(28)21-13-16-7-5-6-8-17(16)14-22(21)25(29)30/h2-15,27H,1H3,(H,29,30). The van der Waals surface area contributed by atoms with Crippen LogP contribution < -0.4 is 4.90 Å². The van der Waals surface area contributed by atoms with Crippen molar-refractivity contribution in [3.63, 3.8) is 0 Å². The summed E-state index contributed by atoms with van der Waals surface area (Å²) in [5.74, 6) is -1.93. The lowest BCUT2D eigenvalue weighted by Gasteiger charge is -2.20. The number of ketones is 1. The highest BCUT2D eigenvalue weighted by Gasteiger charge is 2.22.